The zero-order valence-corrected chi connectivity index (χ0v) is 8.50. The summed E-state index contributed by atoms with van der Waals surface area (Å²) in [5, 5.41) is 13.1. The molecule has 0 aliphatic carbocycles. The lowest BCUT2D eigenvalue weighted by Gasteiger charge is -2.06. The van der Waals surface area contributed by atoms with Crippen LogP contribution in [0, 0.1) is 21.7 Å². The maximum atomic E-state index is 13.1. The SMILES string of the molecule is COCCNc1cc(F)cc(F)c1[N+](=O)[O-]. The smallest absolute Gasteiger partial charge is 0.327 e. The normalized spacial score (nSPS) is 10.2. The van der Waals surface area contributed by atoms with E-state index in [-0.39, 0.29) is 18.8 Å². The maximum Gasteiger partial charge on any atom is 0.327 e. The van der Waals surface area contributed by atoms with Crippen molar-refractivity contribution in [1.29, 1.82) is 0 Å². The summed E-state index contributed by atoms with van der Waals surface area (Å²) in [4.78, 5) is 9.66. The number of methoxy groups -OCH3 is 1. The molecule has 0 aliphatic heterocycles. The standard InChI is InChI=1S/C9H10F2N2O3/c1-16-3-2-12-8-5-6(10)4-7(11)9(8)13(14)15/h4-5,12H,2-3H2,1H3. The first-order valence-electron chi connectivity index (χ1n) is 4.42. The van der Waals surface area contributed by atoms with Gasteiger partial charge in [0.25, 0.3) is 0 Å². The predicted molar refractivity (Wildman–Crippen MR) is 53.4 cm³/mol. The monoisotopic (exact) mass is 232 g/mol. The summed E-state index contributed by atoms with van der Waals surface area (Å²) >= 11 is 0. The Labute approximate surface area is 90.2 Å². The molecule has 16 heavy (non-hydrogen) atoms. The summed E-state index contributed by atoms with van der Waals surface area (Å²) in [6, 6.07) is 1.34. The quantitative estimate of drug-likeness (QED) is 0.478. The first-order chi connectivity index (χ1) is 7.56. The molecule has 0 spiro atoms. The minimum atomic E-state index is -1.20. The van der Waals surface area contributed by atoms with Crippen LogP contribution in [0.5, 0.6) is 0 Å². The first kappa shape index (κ1) is 12.3. The van der Waals surface area contributed by atoms with Crippen LogP contribution in [-0.2, 0) is 4.74 Å². The zero-order chi connectivity index (χ0) is 12.1. The van der Waals surface area contributed by atoms with E-state index in [1.54, 1.807) is 0 Å². The number of rotatable bonds is 5. The van der Waals surface area contributed by atoms with E-state index in [4.69, 9.17) is 4.74 Å². The molecule has 0 heterocycles. The van der Waals surface area contributed by atoms with Gasteiger partial charge in [-0.15, -0.1) is 0 Å². The third-order valence-corrected chi connectivity index (χ3v) is 1.83. The Balaban J connectivity index is 2.99. The number of benzene rings is 1. The van der Waals surface area contributed by atoms with Crippen molar-refractivity contribution in [2.24, 2.45) is 0 Å². The van der Waals surface area contributed by atoms with Gasteiger partial charge < -0.3 is 10.1 Å². The molecule has 0 fully saturated rings. The number of halogens is 2. The van der Waals surface area contributed by atoms with Gasteiger partial charge in [0.1, 0.15) is 11.5 Å². The van der Waals surface area contributed by atoms with Crippen LogP contribution in [-0.4, -0.2) is 25.2 Å². The number of nitro groups is 1. The molecule has 0 saturated carbocycles. The molecule has 1 aromatic carbocycles. The lowest BCUT2D eigenvalue weighted by atomic mass is 10.2. The van der Waals surface area contributed by atoms with E-state index in [1.807, 2.05) is 0 Å². The third kappa shape index (κ3) is 2.86. The minimum Gasteiger partial charge on any atom is -0.383 e. The molecule has 0 amide bonds. The van der Waals surface area contributed by atoms with E-state index in [0.717, 1.165) is 6.07 Å². The molecule has 0 atom stereocenters. The van der Waals surface area contributed by atoms with E-state index in [2.05, 4.69) is 5.32 Å². The highest BCUT2D eigenvalue weighted by Gasteiger charge is 2.21. The van der Waals surface area contributed by atoms with Crippen LogP contribution in [0.1, 0.15) is 0 Å². The van der Waals surface area contributed by atoms with Gasteiger partial charge in [-0.1, -0.05) is 0 Å². The summed E-state index contributed by atoms with van der Waals surface area (Å²) in [7, 11) is 1.45. The van der Waals surface area contributed by atoms with E-state index in [0.29, 0.717) is 6.07 Å². The van der Waals surface area contributed by atoms with Crippen molar-refractivity contribution in [3.63, 3.8) is 0 Å². The van der Waals surface area contributed by atoms with Crippen LogP contribution < -0.4 is 5.32 Å². The fourth-order valence-electron chi connectivity index (χ4n) is 1.17. The van der Waals surface area contributed by atoms with Gasteiger partial charge in [0.2, 0.25) is 5.82 Å². The number of hydrogen-bond acceptors (Lipinski definition) is 4. The predicted octanol–water partition coefficient (Wildman–Crippen LogP) is 1.93. The lowest BCUT2D eigenvalue weighted by molar-refractivity contribution is -0.386. The van der Waals surface area contributed by atoms with Gasteiger partial charge in [-0.3, -0.25) is 10.1 Å². The molecule has 0 aliphatic rings. The topological polar surface area (TPSA) is 64.4 Å². The number of ether oxygens (including phenoxy) is 1. The van der Waals surface area contributed by atoms with Crippen LogP contribution in [0.3, 0.4) is 0 Å². The molecule has 0 unspecified atom stereocenters. The number of nitrogens with one attached hydrogen (secondary N) is 1. The second-order valence-corrected chi connectivity index (χ2v) is 2.96. The van der Waals surface area contributed by atoms with Gasteiger partial charge in [0, 0.05) is 25.8 Å². The number of anilines is 1. The third-order valence-electron chi connectivity index (χ3n) is 1.83. The lowest BCUT2D eigenvalue weighted by Crippen LogP contribution is -2.10. The highest BCUT2D eigenvalue weighted by atomic mass is 19.1. The Morgan fingerprint density at radius 2 is 2.19 bits per heavy atom. The molecule has 1 N–H and O–H groups in total. The van der Waals surface area contributed by atoms with E-state index < -0.39 is 22.2 Å². The summed E-state index contributed by atoms with van der Waals surface area (Å²) < 4.78 is 30.7. The minimum absolute atomic E-state index is 0.195. The van der Waals surface area contributed by atoms with Crippen molar-refractivity contribution in [3.8, 4) is 0 Å². The molecular formula is C9H10F2N2O3. The molecule has 0 bridgehead atoms. The first-order valence-corrected chi connectivity index (χ1v) is 4.42. The van der Waals surface area contributed by atoms with Crippen LogP contribution in [0.2, 0.25) is 0 Å². The number of nitrogens with zero attached hydrogens (tertiary/aromatic N) is 1. The van der Waals surface area contributed by atoms with Gasteiger partial charge in [0.05, 0.1) is 11.5 Å². The Kier molecular flexibility index (Phi) is 4.12. The molecule has 1 aromatic rings. The van der Waals surface area contributed by atoms with Gasteiger partial charge in [-0.05, 0) is 0 Å². The highest BCUT2D eigenvalue weighted by Crippen LogP contribution is 2.28. The fraction of sp³-hybridized carbons (Fsp3) is 0.333. The van der Waals surface area contributed by atoms with E-state index >= 15 is 0 Å². The van der Waals surface area contributed by atoms with E-state index in [1.165, 1.54) is 7.11 Å². The van der Waals surface area contributed by atoms with Crippen molar-refractivity contribution in [3.05, 3.63) is 33.9 Å². The van der Waals surface area contributed by atoms with Crippen LogP contribution >= 0.6 is 0 Å². The zero-order valence-electron chi connectivity index (χ0n) is 8.50. The van der Waals surface area contributed by atoms with Gasteiger partial charge in [0.15, 0.2) is 0 Å². The highest BCUT2D eigenvalue weighted by molar-refractivity contribution is 5.62. The van der Waals surface area contributed by atoms with E-state index in [9.17, 15) is 18.9 Å². The molecule has 0 aromatic heterocycles. The Bertz CT molecular complexity index is 399. The summed E-state index contributed by atoms with van der Waals surface area (Å²) in [6.45, 7) is 0.496. The van der Waals surface area contributed by atoms with Crippen LogP contribution in [0.15, 0.2) is 12.1 Å². The van der Waals surface area contributed by atoms with Crippen LogP contribution in [0.25, 0.3) is 0 Å². The van der Waals surface area contributed by atoms with Gasteiger partial charge in [-0.2, -0.15) is 4.39 Å². The molecule has 5 nitrogen and oxygen atoms in total. The summed E-state index contributed by atoms with van der Waals surface area (Å²) in [5.41, 5.74) is -0.961. The fourth-order valence-corrected chi connectivity index (χ4v) is 1.17. The summed E-state index contributed by atoms with van der Waals surface area (Å²) in [6.07, 6.45) is 0. The summed E-state index contributed by atoms with van der Waals surface area (Å²) in [5.74, 6) is -2.08. The second-order valence-electron chi connectivity index (χ2n) is 2.96. The van der Waals surface area contributed by atoms with Gasteiger partial charge >= 0.3 is 5.69 Å². The number of nitro benzene ring substituents is 1. The van der Waals surface area contributed by atoms with Gasteiger partial charge in [-0.25, -0.2) is 4.39 Å². The molecule has 1 rings (SSSR count). The Hall–Kier alpha value is -1.76. The number of hydrogen-bond donors (Lipinski definition) is 1. The largest absolute Gasteiger partial charge is 0.383 e. The average molecular weight is 232 g/mol. The Morgan fingerprint density at radius 3 is 2.75 bits per heavy atom. The second kappa shape index (κ2) is 5.36. The molecule has 7 heteroatoms. The van der Waals surface area contributed by atoms with Crippen LogP contribution in [0.4, 0.5) is 20.2 Å². The van der Waals surface area contributed by atoms with Crippen molar-refractivity contribution >= 4 is 11.4 Å². The molecule has 88 valence electrons. The average Bonchev–Trinajstić information content (AvgIpc) is 2.16. The Morgan fingerprint density at radius 1 is 1.50 bits per heavy atom. The molecule has 0 saturated heterocycles. The molecule has 0 radical (unpaired) electrons. The maximum absolute atomic E-state index is 13.1. The molecular weight excluding hydrogens is 222 g/mol. The van der Waals surface area contributed by atoms with Crippen molar-refractivity contribution in [1.82, 2.24) is 0 Å². The van der Waals surface area contributed by atoms with Crippen molar-refractivity contribution in [2.75, 3.05) is 25.6 Å². The van der Waals surface area contributed by atoms with Crippen molar-refractivity contribution in [2.45, 2.75) is 0 Å². The van der Waals surface area contributed by atoms with Crippen molar-refractivity contribution < 1.29 is 18.4 Å².